The van der Waals surface area contributed by atoms with E-state index in [1.807, 2.05) is 11.8 Å². The van der Waals surface area contributed by atoms with Crippen molar-refractivity contribution in [3.8, 4) is 0 Å². The van der Waals surface area contributed by atoms with Gasteiger partial charge >= 0.3 is 0 Å². The van der Waals surface area contributed by atoms with Gasteiger partial charge in [-0.15, -0.1) is 0 Å². The molecule has 1 fully saturated rings. The Morgan fingerprint density at radius 1 is 1.35 bits per heavy atom. The summed E-state index contributed by atoms with van der Waals surface area (Å²) in [7, 11) is 0. The van der Waals surface area contributed by atoms with Crippen molar-refractivity contribution in [2.75, 3.05) is 13.1 Å². The van der Waals surface area contributed by atoms with Crippen LogP contribution in [-0.4, -0.2) is 29.9 Å². The van der Waals surface area contributed by atoms with Gasteiger partial charge in [-0.2, -0.15) is 0 Å². The number of hydrogen-bond acceptors (Lipinski definition) is 2. The Labute approximate surface area is 118 Å². The van der Waals surface area contributed by atoms with Crippen LogP contribution in [0.4, 0.5) is 8.78 Å². The zero-order chi connectivity index (χ0) is 14.7. The molecule has 0 radical (unpaired) electrons. The van der Waals surface area contributed by atoms with Gasteiger partial charge in [-0.05, 0) is 25.8 Å². The quantitative estimate of drug-likeness (QED) is 0.924. The first-order valence-corrected chi connectivity index (χ1v) is 6.94. The van der Waals surface area contributed by atoms with Crippen molar-refractivity contribution in [3.63, 3.8) is 0 Å². The fourth-order valence-corrected chi connectivity index (χ4v) is 2.66. The van der Waals surface area contributed by atoms with Gasteiger partial charge in [-0.25, -0.2) is 8.78 Å². The van der Waals surface area contributed by atoms with E-state index in [1.54, 1.807) is 6.92 Å². The molecule has 20 heavy (non-hydrogen) atoms. The van der Waals surface area contributed by atoms with E-state index in [2.05, 4.69) is 5.32 Å². The third-order valence-corrected chi connectivity index (χ3v) is 3.85. The van der Waals surface area contributed by atoms with Crippen molar-refractivity contribution in [2.45, 2.75) is 38.8 Å². The van der Waals surface area contributed by atoms with Crippen molar-refractivity contribution in [1.29, 1.82) is 0 Å². The molecule has 1 saturated heterocycles. The summed E-state index contributed by atoms with van der Waals surface area (Å²) in [5.41, 5.74) is 0.473. The number of halogens is 2. The topological polar surface area (TPSA) is 32.3 Å². The Bertz CT molecular complexity index is 485. The molecule has 1 aliphatic rings. The highest BCUT2D eigenvalue weighted by atomic mass is 19.1. The van der Waals surface area contributed by atoms with Crippen molar-refractivity contribution >= 4 is 5.91 Å². The number of benzene rings is 1. The molecule has 2 rings (SSSR count). The van der Waals surface area contributed by atoms with Gasteiger partial charge < -0.3 is 10.2 Å². The van der Waals surface area contributed by atoms with E-state index in [9.17, 15) is 13.6 Å². The summed E-state index contributed by atoms with van der Waals surface area (Å²) >= 11 is 0. The van der Waals surface area contributed by atoms with Crippen LogP contribution in [0.3, 0.4) is 0 Å². The van der Waals surface area contributed by atoms with Crippen LogP contribution < -0.4 is 5.32 Å². The predicted octanol–water partition coefficient (Wildman–Crippen LogP) is 2.63. The molecule has 1 aromatic rings. The smallest absolute Gasteiger partial charge is 0.219 e. The fraction of sp³-hybridized carbons (Fsp3) is 0.533. The molecule has 1 aliphatic heterocycles. The molecule has 1 atom stereocenters. The van der Waals surface area contributed by atoms with Gasteiger partial charge in [-0.3, -0.25) is 4.79 Å². The summed E-state index contributed by atoms with van der Waals surface area (Å²) < 4.78 is 26.6. The van der Waals surface area contributed by atoms with Gasteiger partial charge in [0, 0.05) is 43.7 Å². The maximum Gasteiger partial charge on any atom is 0.219 e. The second kappa shape index (κ2) is 6.31. The lowest BCUT2D eigenvalue weighted by molar-refractivity contribution is -0.129. The Balaban J connectivity index is 1.92. The van der Waals surface area contributed by atoms with E-state index >= 15 is 0 Å². The molecule has 5 heteroatoms. The molecule has 1 aromatic carbocycles. The van der Waals surface area contributed by atoms with Gasteiger partial charge in [0.1, 0.15) is 11.6 Å². The number of carbonyl (C=O) groups excluding carboxylic acids is 1. The second-order valence-corrected chi connectivity index (χ2v) is 5.33. The van der Waals surface area contributed by atoms with Crippen LogP contribution >= 0.6 is 0 Å². The average molecular weight is 282 g/mol. The molecule has 1 unspecified atom stereocenters. The summed E-state index contributed by atoms with van der Waals surface area (Å²) in [4.78, 5) is 13.1. The molecule has 0 saturated carbocycles. The minimum absolute atomic E-state index is 0.0982. The highest BCUT2D eigenvalue weighted by molar-refractivity contribution is 5.73. The third-order valence-electron chi connectivity index (χ3n) is 3.85. The zero-order valence-electron chi connectivity index (χ0n) is 11.8. The van der Waals surface area contributed by atoms with E-state index in [-0.39, 0.29) is 18.0 Å². The van der Waals surface area contributed by atoms with Crippen LogP contribution in [0.2, 0.25) is 0 Å². The summed E-state index contributed by atoms with van der Waals surface area (Å²) in [5, 5.41) is 3.35. The molecule has 0 aromatic heterocycles. The number of nitrogens with zero attached hydrogens (tertiary/aromatic N) is 1. The molecule has 1 heterocycles. The Hall–Kier alpha value is -1.49. The predicted molar refractivity (Wildman–Crippen MR) is 73.2 cm³/mol. The first-order chi connectivity index (χ1) is 9.47. The van der Waals surface area contributed by atoms with E-state index in [4.69, 9.17) is 0 Å². The molecule has 1 N–H and O–H groups in total. The normalized spacial score (nSPS) is 18.1. The van der Waals surface area contributed by atoms with Crippen LogP contribution in [0, 0.1) is 11.6 Å². The summed E-state index contributed by atoms with van der Waals surface area (Å²) in [6.07, 6.45) is 1.71. The Morgan fingerprint density at radius 3 is 2.55 bits per heavy atom. The second-order valence-electron chi connectivity index (χ2n) is 5.33. The molecule has 110 valence electrons. The van der Waals surface area contributed by atoms with Crippen molar-refractivity contribution in [2.24, 2.45) is 0 Å². The Kier molecular flexibility index (Phi) is 4.70. The number of likely N-dealkylation sites (tertiary alicyclic amines) is 1. The highest BCUT2D eigenvalue weighted by Gasteiger charge is 2.22. The van der Waals surface area contributed by atoms with E-state index in [0.29, 0.717) is 5.56 Å². The van der Waals surface area contributed by atoms with E-state index in [1.165, 1.54) is 12.1 Å². The van der Waals surface area contributed by atoms with Gasteiger partial charge in [0.05, 0.1) is 0 Å². The van der Waals surface area contributed by atoms with Crippen LogP contribution in [0.25, 0.3) is 0 Å². The van der Waals surface area contributed by atoms with Crippen LogP contribution in [0.1, 0.15) is 38.3 Å². The number of rotatable bonds is 3. The maximum atomic E-state index is 13.7. The lowest BCUT2D eigenvalue weighted by atomic mass is 10.0. The average Bonchev–Trinajstić information content (AvgIpc) is 2.39. The Morgan fingerprint density at radius 2 is 2.00 bits per heavy atom. The molecule has 0 bridgehead atoms. The SMILES string of the molecule is CC(=O)N1CCC(NC(C)c2ccc(F)cc2F)CC1. The summed E-state index contributed by atoms with van der Waals surface area (Å²) in [5.74, 6) is -0.986. The number of nitrogens with one attached hydrogen (secondary N) is 1. The molecular formula is C15H20F2N2O. The molecule has 1 amide bonds. The van der Waals surface area contributed by atoms with Gasteiger partial charge in [0.15, 0.2) is 0 Å². The van der Waals surface area contributed by atoms with Crippen molar-refractivity contribution in [1.82, 2.24) is 10.2 Å². The molecule has 0 aliphatic carbocycles. The largest absolute Gasteiger partial charge is 0.343 e. The molecule has 0 spiro atoms. The van der Waals surface area contributed by atoms with Crippen molar-refractivity contribution < 1.29 is 13.6 Å². The fourth-order valence-electron chi connectivity index (χ4n) is 2.66. The lowest BCUT2D eigenvalue weighted by Gasteiger charge is -2.33. The number of piperidine rings is 1. The van der Waals surface area contributed by atoms with Gasteiger partial charge in [-0.1, -0.05) is 6.07 Å². The maximum absolute atomic E-state index is 13.7. The van der Waals surface area contributed by atoms with Gasteiger partial charge in [0.25, 0.3) is 0 Å². The monoisotopic (exact) mass is 282 g/mol. The molecule has 3 nitrogen and oxygen atoms in total. The van der Waals surface area contributed by atoms with Crippen LogP contribution in [0.15, 0.2) is 18.2 Å². The van der Waals surface area contributed by atoms with Crippen molar-refractivity contribution in [3.05, 3.63) is 35.4 Å². The van der Waals surface area contributed by atoms with E-state index < -0.39 is 11.6 Å². The van der Waals surface area contributed by atoms with Gasteiger partial charge in [0.2, 0.25) is 5.91 Å². The molecular weight excluding hydrogens is 262 g/mol. The minimum atomic E-state index is -0.562. The number of amides is 1. The summed E-state index contributed by atoms with van der Waals surface area (Å²) in [6.45, 7) is 4.90. The number of carbonyl (C=O) groups is 1. The minimum Gasteiger partial charge on any atom is -0.343 e. The summed E-state index contributed by atoms with van der Waals surface area (Å²) in [6, 6.07) is 3.74. The lowest BCUT2D eigenvalue weighted by Crippen LogP contribution is -2.44. The first-order valence-electron chi connectivity index (χ1n) is 6.94. The highest BCUT2D eigenvalue weighted by Crippen LogP contribution is 2.20. The van der Waals surface area contributed by atoms with E-state index in [0.717, 1.165) is 32.0 Å². The zero-order valence-corrected chi connectivity index (χ0v) is 11.8. The standard InChI is InChI=1S/C15H20F2N2O/c1-10(14-4-3-12(16)9-15(14)17)18-13-5-7-19(8-6-13)11(2)20/h3-4,9-10,13,18H,5-8H2,1-2H3. The van der Waals surface area contributed by atoms with Crippen LogP contribution in [-0.2, 0) is 4.79 Å². The third kappa shape index (κ3) is 3.54. The van der Waals surface area contributed by atoms with Crippen LogP contribution in [0.5, 0.6) is 0 Å². The number of hydrogen-bond donors (Lipinski definition) is 1. The first kappa shape index (κ1) is 14.9.